The fourth-order valence-electron chi connectivity index (χ4n) is 4.10. The zero-order valence-electron chi connectivity index (χ0n) is 20.2. The molecule has 3 heterocycles. The highest BCUT2D eigenvalue weighted by Gasteiger charge is 2.65. The molecule has 5 aromatic rings. The molecule has 14 heteroatoms. The van der Waals surface area contributed by atoms with Crippen LogP contribution in [0.2, 0.25) is 0 Å². The number of benzene rings is 2. The molecule has 2 aromatic carbocycles. The van der Waals surface area contributed by atoms with Crippen LogP contribution in [0.3, 0.4) is 0 Å². The van der Waals surface area contributed by atoms with Crippen LogP contribution >= 0.6 is 10.2 Å². The van der Waals surface area contributed by atoms with Gasteiger partial charge < -0.3 is 5.32 Å². The van der Waals surface area contributed by atoms with E-state index in [-0.39, 0.29) is 17.8 Å². The second kappa shape index (κ2) is 8.11. The quantitative estimate of drug-likeness (QED) is 0.234. The molecule has 0 aliphatic heterocycles. The van der Waals surface area contributed by atoms with E-state index < -0.39 is 32.2 Å². The number of fused-ring (bicyclic) bond motifs is 1. The van der Waals surface area contributed by atoms with E-state index in [2.05, 4.69) is 20.4 Å². The predicted octanol–water partition coefficient (Wildman–Crippen LogP) is 6.98. The van der Waals surface area contributed by atoms with E-state index in [1.165, 1.54) is 12.4 Å². The smallest absolute Gasteiger partial charge is 0.310 e. The number of carbonyl (C=O) groups is 1. The average Bonchev–Trinajstić information content (AvgIpc) is 3.46. The van der Waals surface area contributed by atoms with Crippen LogP contribution in [0.5, 0.6) is 0 Å². The third-order valence-electron chi connectivity index (χ3n) is 5.97. The lowest BCUT2D eigenvalue weighted by Crippen LogP contribution is -2.15. The number of rotatable bonds is 5. The van der Waals surface area contributed by atoms with E-state index in [9.17, 15) is 24.2 Å². The maximum absolute atomic E-state index is 13.4. The van der Waals surface area contributed by atoms with E-state index in [1.54, 1.807) is 52.9 Å². The summed E-state index contributed by atoms with van der Waals surface area (Å²) in [5.41, 5.74) is 2.79. The molecule has 0 unspecified atom stereocenters. The van der Waals surface area contributed by atoms with Crippen LogP contribution in [0.15, 0.2) is 72.4 Å². The number of halogens is 5. The Bertz CT molecular complexity index is 1830. The van der Waals surface area contributed by atoms with Crippen LogP contribution in [0.4, 0.5) is 25.1 Å². The summed E-state index contributed by atoms with van der Waals surface area (Å²) in [4.78, 5) is 18.6. The number of imidazole rings is 1. The van der Waals surface area contributed by atoms with Crippen LogP contribution in [-0.2, 0) is 0 Å². The average molecular weight is 560 g/mol. The van der Waals surface area contributed by atoms with Crippen LogP contribution in [0.25, 0.3) is 22.6 Å². The molecule has 0 aliphatic carbocycles. The summed E-state index contributed by atoms with van der Waals surface area (Å²) in [6, 6.07) is 7.49. The highest BCUT2D eigenvalue weighted by molar-refractivity contribution is 8.45. The van der Waals surface area contributed by atoms with Crippen molar-refractivity contribution in [1.29, 1.82) is 5.26 Å². The van der Waals surface area contributed by atoms with Gasteiger partial charge in [0.25, 0.3) is 5.91 Å². The number of anilines is 1. The van der Waals surface area contributed by atoms with Crippen molar-refractivity contribution in [2.75, 3.05) is 5.32 Å². The summed E-state index contributed by atoms with van der Waals surface area (Å²) in [6.45, 7) is 3.51. The molecule has 1 N–H and O–H groups in total. The number of nitriles is 1. The molecular weight excluding hydrogens is 541 g/mol. The Morgan fingerprint density at radius 2 is 1.67 bits per heavy atom. The third kappa shape index (κ3) is 5.04. The molecule has 0 fully saturated rings. The van der Waals surface area contributed by atoms with Crippen molar-refractivity contribution in [3.05, 3.63) is 89.8 Å². The first-order chi connectivity index (χ1) is 18.1. The van der Waals surface area contributed by atoms with Crippen molar-refractivity contribution in [3.63, 3.8) is 0 Å². The normalized spacial score (nSPS) is 13.5. The van der Waals surface area contributed by atoms with Gasteiger partial charge in [0.2, 0.25) is 0 Å². The number of hydrogen-bond acceptors (Lipinski definition) is 5. The summed E-state index contributed by atoms with van der Waals surface area (Å²) in [6.07, 6.45) is 8.10. The lowest BCUT2D eigenvalue weighted by Gasteiger charge is -2.40. The minimum Gasteiger partial charge on any atom is -0.322 e. The first-order valence-corrected chi connectivity index (χ1v) is 13.1. The largest absolute Gasteiger partial charge is 0.322 e. The number of nitrogens with one attached hydrogen (secondary N) is 1. The lowest BCUT2D eigenvalue weighted by atomic mass is 10.1. The Labute approximate surface area is 218 Å². The van der Waals surface area contributed by atoms with Crippen molar-refractivity contribution >= 4 is 27.5 Å². The van der Waals surface area contributed by atoms with Crippen LogP contribution < -0.4 is 5.32 Å². The Balaban J connectivity index is 1.53. The molecule has 0 bridgehead atoms. The van der Waals surface area contributed by atoms with Gasteiger partial charge in [-0.25, -0.2) is 14.5 Å². The van der Waals surface area contributed by atoms with Gasteiger partial charge in [0.05, 0.1) is 23.0 Å². The van der Waals surface area contributed by atoms with Crippen molar-refractivity contribution in [2.24, 2.45) is 0 Å². The minimum absolute atomic E-state index is 0.0340. The van der Waals surface area contributed by atoms with Crippen LogP contribution in [0, 0.1) is 25.2 Å². The van der Waals surface area contributed by atoms with Gasteiger partial charge in [0.15, 0.2) is 0 Å². The SMILES string of the molecule is Cc1cc(C)c(-n2ccn3nc(-c4cncnc4)cc23)cc1NC(=O)c1cc(C#N)cc(S(F)(F)(F)(F)F)c1. The number of nitrogens with zero attached hydrogens (tertiary/aromatic N) is 6. The zero-order valence-corrected chi connectivity index (χ0v) is 21.1. The molecule has 0 aliphatic rings. The number of aromatic nitrogens is 5. The van der Waals surface area contributed by atoms with Crippen molar-refractivity contribution in [3.8, 4) is 23.0 Å². The van der Waals surface area contributed by atoms with E-state index in [0.29, 0.717) is 28.2 Å². The van der Waals surface area contributed by atoms with Crippen LogP contribution in [-0.4, -0.2) is 30.1 Å². The molecule has 39 heavy (non-hydrogen) atoms. The summed E-state index contributed by atoms with van der Waals surface area (Å²) in [5.74, 6) is -1.08. The second-order valence-corrected chi connectivity index (χ2v) is 11.3. The molecule has 0 radical (unpaired) electrons. The molecule has 3 aromatic heterocycles. The maximum Gasteiger partial charge on any atom is 0.310 e. The summed E-state index contributed by atoms with van der Waals surface area (Å²) >= 11 is 0. The summed E-state index contributed by atoms with van der Waals surface area (Å²) < 4.78 is 70.6. The second-order valence-electron chi connectivity index (χ2n) is 8.86. The van der Waals surface area contributed by atoms with Gasteiger partial charge in [0.1, 0.15) is 16.9 Å². The molecule has 200 valence electrons. The zero-order chi connectivity index (χ0) is 28.2. The predicted molar refractivity (Wildman–Crippen MR) is 136 cm³/mol. The molecule has 0 saturated heterocycles. The Morgan fingerprint density at radius 3 is 2.33 bits per heavy atom. The molecule has 0 saturated carbocycles. The highest BCUT2D eigenvalue weighted by Crippen LogP contribution is 3.02. The Hall–Kier alpha value is -4.77. The van der Waals surface area contributed by atoms with Gasteiger partial charge in [-0.1, -0.05) is 25.5 Å². The van der Waals surface area contributed by atoms with Gasteiger partial charge in [-0.05, 0) is 49.2 Å². The molecular formula is C25H18F5N7OS. The molecule has 5 rings (SSSR count). The summed E-state index contributed by atoms with van der Waals surface area (Å²) in [5, 5.41) is 16.1. The lowest BCUT2D eigenvalue weighted by molar-refractivity contribution is 0.102. The minimum atomic E-state index is -10.1. The monoisotopic (exact) mass is 559 g/mol. The number of hydrogen-bond donors (Lipinski definition) is 1. The highest BCUT2D eigenvalue weighted by atomic mass is 32.5. The third-order valence-corrected chi connectivity index (χ3v) is 7.10. The van der Waals surface area contributed by atoms with Gasteiger partial charge in [-0.15, -0.1) is 0 Å². The standard InChI is InChI=1S/C25H18F5N7OS/c1-15-5-16(2)23(36-3-4-37-24(36)10-22(35-37)19-12-32-14-33-13-19)9-21(15)34-25(38)18-6-17(11-31)7-20(8-18)39(26,27,28,29)30/h3-10,12-14H,1-2H3,(H,34,38). The summed E-state index contributed by atoms with van der Waals surface area (Å²) in [7, 11) is -10.1. The number of aryl methyl sites for hydroxylation is 2. The van der Waals surface area contributed by atoms with Crippen molar-refractivity contribution in [1.82, 2.24) is 24.1 Å². The van der Waals surface area contributed by atoms with Crippen molar-refractivity contribution in [2.45, 2.75) is 18.7 Å². The fraction of sp³-hybridized carbons (Fsp3) is 0.0800. The van der Waals surface area contributed by atoms with Crippen LogP contribution in [0.1, 0.15) is 27.0 Å². The Morgan fingerprint density at radius 1 is 0.949 bits per heavy atom. The van der Waals surface area contributed by atoms with E-state index in [0.717, 1.165) is 11.6 Å². The molecule has 1 amide bonds. The van der Waals surface area contributed by atoms with Gasteiger partial charge in [-0.2, -0.15) is 10.4 Å². The first kappa shape index (κ1) is 25.9. The number of carbonyl (C=O) groups excluding carboxylic acids is 1. The molecule has 8 nitrogen and oxygen atoms in total. The maximum atomic E-state index is 13.4. The Kier molecular flexibility index (Phi) is 5.38. The number of amides is 1. The molecule has 0 spiro atoms. The van der Waals surface area contributed by atoms with E-state index in [4.69, 9.17) is 5.26 Å². The topological polar surface area (TPSA) is 101 Å². The molecule has 0 atom stereocenters. The van der Waals surface area contributed by atoms with E-state index in [1.807, 2.05) is 13.0 Å². The van der Waals surface area contributed by atoms with Crippen molar-refractivity contribution < 1.29 is 24.2 Å². The van der Waals surface area contributed by atoms with E-state index >= 15 is 0 Å². The van der Waals surface area contributed by atoms with Gasteiger partial charge in [0, 0.05) is 47.7 Å². The fourth-order valence-corrected chi connectivity index (χ4v) is 4.80. The van der Waals surface area contributed by atoms with Gasteiger partial charge in [-0.3, -0.25) is 9.36 Å². The van der Waals surface area contributed by atoms with Gasteiger partial charge >= 0.3 is 10.2 Å². The first-order valence-electron chi connectivity index (χ1n) is 11.2.